The van der Waals surface area contributed by atoms with E-state index in [2.05, 4.69) is 34.5 Å². The Hall–Kier alpha value is -2.66. The molecule has 2 aliphatic rings. The second-order valence-electron chi connectivity index (χ2n) is 7.90. The minimum Gasteiger partial charge on any atom is -0.324 e. The number of nitrogens with zero attached hydrogens (tertiary/aromatic N) is 2. The van der Waals surface area contributed by atoms with Gasteiger partial charge in [-0.15, -0.1) is 0 Å². The zero-order valence-corrected chi connectivity index (χ0v) is 16.5. The lowest BCUT2D eigenvalue weighted by Crippen LogP contribution is -2.45. The molecule has 1 N–H and O–H groups in total. The van der Waals surface area contributed by atoms with Crippen LogP contribution in [-0.4, -0.2) is 36.3 Å². The number of para-hydroxylation sites is 2. The Morgan fingerprint density at radius 3 is 2.79 bits per heavy atom. The third-order valence-corrected chi connectivity index (χ3v) is 5.88. The first-order valence-corrected chi connectivity index (χ1v) is 10.0. The Balaban J connectivity index is 1.57. The summed E-state index contributed by atoms with van der Waals surface area (Å²) in [7, 11) is 2.03. The van der Waals surface area contributed by atoms with Gasteiger partial charge in [0.1, 0.15) is 0 Å². The minimum absolute atomic E-state index is 0.0296. The molecular formula is C23H27N3O2. The highest BCUT2D eigenvalue weighted by molar-refractivity contribution is 6.04. The Morgan fingerprint density at radius 2 is 1.93 bits per heavy atom. The van der Waals surface area contributed by atoms with Crippen LogP contribution in [0, 0.1) is 0 Å². The van der Waals surface area contributed by atoms with Gasteiger partial charge in [0.15, 0.2) is 0 Å². The number of fused-ring (bicyclic) bond motifs is 2. The third kappa shape index (κ3) is 3.54. The lowest BCUT2D eigenvalue weighted by Gasteiger charge is -2.35. The van der Waals surface area contributed by atoms with Gasteiger partial charge in [-0.2, -0.15) is 0 Å². The van der Waals surface area contributed by atoms with Crippen molar-refractivity contribution in [2.24, 2.45) is 0 Å². The maximum absolute atomic E-state index is 13.3. The fourth-order valence-corrected chi connectivity index (χ4v) is 4.55. The molecule has 2 aromatic carbocycles. The first-order chi connectivity index (χ1) is 13.5. The second kappa shape index (κ2) is 7.76. The summed E-state index contributed by atoms with van der Waals surface area (Å²) in [6.07, 6.45) is 3.61. The number of carbonyl (C=O) groups excluding carboxylic acids is 2. The van der Waals surface area contributed by atoms with Crippen molar-refractivity contribution in [3.05, 3.63) is 59.7 Å². The van der Waals surface area contributed by atoms with Crippen LogP contribution in [0.2, 0.25) is 0 Å². The van der Waals surface area contributed by atoms with Crippen molar-refractivity contribution in [3.63, 3.8) is 0 Å². The van der Waals surface area contributed by atoms with Crippen molar-refractivity contribution in [1.29, 1.82) is 0 Å². The average Bonchev–Trinajstić information content (AvgIpc) is 2.81. The summed E-state index contributed by atoms with van der Waals surface area (Å²) in [5, 5.41) is 2.92. The molecule has 2 aromatic rings. The molecule has 28 heavy (non-hydrogen) atoms. The third-order valence-electron chi connectivity index (χ3n) is 5.88. The molecule has 1 aliphatic heterocycles. The van der Waals surface area contributed by atoms with Gasteiger partial charge in [0.25, 0.3) is 0 Å². The fourth-order valence-electron chi connectivity index (χ4n) is 4.55. The topological polar surface area (TPSA) is 52.7 Å². The van der Waals surface area contributed by atoms with Gasteiger partial charge in [0, 0.05) is 18.5 Å². The van der Waals surface area contributed by atoms with Crippen molar-refractivity contribution in [2.45, 2.75) is 44.7 Å². The highest BCUT2D eigenvalue weighted by atomic mass is 16.2. The quantitative estimate of drug-likeness (QED) is 0.886. The van der Waals surface area contributed by atoms with Crippen molar-refractivity contribution in [1.82, 2.24) is 4.90 Å². The molecule has 0 saturated heterocycles. The van der Waals surface area contributed by atoms with Gasteiger partial charge in [-0.1, -0.05) is 36.4 Å². The maximum Gasteiger partial charge on any atom is 0.241 e. The minimum atomic E-state index is -0.178. The standard InChI is InChI=1S/C23H27N3O2/c1-16-14-22(27)24-19-11-5-6-12-21(19)26(16)23(28)15-25(2)20-13-7-9-17-8-3-4-10-18(17)20/h3-6,8,10-12,16,20H,7,9,13-15H2,1-2H3,(H,24,27). The van der Waals surface area contributed by atoms with Gasteiger partial charge in [-0.3, -0.25) is 14.5 Å². The van der Waals surface area contributed by atoms with Crippen LogP contribution in [0.15, 0.2) is 48.5 Å². The molecule has 146 valence electrons. The number of carbonyl (C=O) groups is 2. The van der Waals surface area contributed by atoms with Crippen molar-refractivity contribution >= 4 is 23.2 Å². The van der Waals surface area contributed by atoms with E-state index in [0.29, 0.717) is 18.7 Å². The zero-order valence-electron chi connectivity index (χ0n) is 16.5. The van der Waals surface area contributed by atoms with E-state index in [1.165, 1.54) is 11.1 Å². The molecular weight excluding hydrogens is 350 g/mol. The van der Waals surface area contributed by atoms with Crippen molar-refractivity contribution < 1.29 is 9.59 Å². The van der Waals surface area contributed by atoms with Crippen LogP contribution >= 0.6 is 0 Å². The van der Waals surface area contributed by atoms with E-state index in [9.17, 15) is 9.59 Å². The summed E-state index contributed by atoms with van der Waals surface area (Å²) in [5.74, 6) is -0.0215. The Labute approximate surface area is 166 Å². The zero-order chi connectivity index (χ0) is 19.7. The van der Waals surface area contributed by atoms with E-state index in [0.717, 1.165) is 24.9 Å². The number of hydrogen-bond acceptors (Lipinski definition) is 3. The Morgan fingerprint density at radius 1 is 1.18 bits per heavy atom. The number of likely N-dealkylation sites (N-methyl/N-ethyl adjacent to an activating group) is 1. The lowest BCUT2D eigenvalue weighted by molar-refractivity contribution is -0.120. The SMILES string of the molecule is CC1CC(=O)Nc2ccccc2N1C(=O)CN(C)C1CCCc2ccccc21. The summed E-state index contributed by atoms with van der Waals surface area (Å²) in [6, 6.07) is 16.2. The van der Waals surface area contributed by atoms with Crippen molar-refractivity contribution in [2.75, 3.05) is 23.8 Å². The van der Waals surface area contributed by atoms with Crippen molar-refractivity contribution in [3.8, 4) is 0 Å². The number of aryl methyl sites for hydroxylation is 1. The Kier molecular flexibility index (Phi) is 5.18. The van der Waals surface area contributed by atoms with Crippen LogP contribution in [0.4, 0.5) is 11.4 Å². The molecule has 0 aromatic heterocycles. The van der Waals surface area contributed by atoms with Gasteiger partial charge in [-0.25, -0.2) is 0 Å². The van der Waals surface area contributed by atoms with Gasteiger partial charge in [0.05, 0.1) is 17.9 Å². The number of nitrogens with one attached hydrogen (secondary N) is 1. The monoisotopic (exact) mass is 377 g/mol. The molecule has 0 spiro atoms. The number of rotatable bonds is 3. The predicted molar refractivity (Wildman–Crippen MR) is 111 cm³/mol. The average molecular weight is 377 g/mol. The van der Waals surface area contributed by atoms with E-state index in [1.807, 2.05) is 38.2 Å². The van der Waals surface area contributed by atoms with Gasteiger partial charge < -0.3 is 10.2 Å². The largest absolute Gasteiger partial charge is 0.324 e. The van der Waals surface area contributed by atoms with E-state index >= 15 is 0 Å². The second-order valence-corrected chi connectivity index (χ2v) is 7.90. The van der Waals surface area contributed by atoms with Crippen LogP contribution in [0.5, 0.6) is 0 Å². The number of amides is 2. The number of anilines is 2. The highest BCUT2D eigenvalue weighted by Crippen LogP contribution is 2.35. The number of benzene rings is 2. The molecule has 0 saturated carbocycles. The molecule has 2 atom stereocenters. The fraction of sp³-hybridized carbons (Fsp3) is 0.391. The molecule has 0 radical (unpaired) electrons. The van der Waals surface area contributed by atoms with Gasteiger partial charge >= 0.3 is 0 Å². The smallest absolute Gasteiger partial charge is 0.241 e. The molecule has 5 heteroatoms. The van der Waals surface area contributed by atoms with Gasteiger partial charge in [-0.05, 0) is 56.5 Å². The van der Waals surface area contributed by atoms with Gasteiger partial charge in [0.2, 0.25) is 11.8 Å². The first-order valence-electron chi connectivity index (χ1n) is 10.0. The van der Waals surface area contributed by atoms with Crippen LogP contribution < -0.4 is 10.2 Å². The summed E-state index contributed by atoms with van der Waals surface area (Å²) >= 11 is 0. The molecule has 1 heterocycles. The summed E-state index contributed by atoms with van der Waals surface area (Å²) in [5.41, 5.74) is 4.21. The molecule has 5 nitrogen and oxygen atoms in total. The van der Waals surface area contributed by atoms with E-state index in [4.69, 9.17) is 0 Å². The predicted octanol–water partition coefficient (Wildman–Crippen LogP) is 3.76. The van der Waals surface area contributed by atoms with Crippen LogP contribution in [0.3, 0.4) is 0 Å². The molecule has 2 amide bonds. The maximum atomic E-state index is 13.3. The van der Waals surface area contributed by atoms with Crippen LogP contribution in [-0.2, 0) is 16.0 Å². The molecule has 0 bridgehead atoms. The summed E-state index contributed by atoms with van der Waals surface area (Å²) in [4.78, 5) is 29.5. The molecule has 0 fully saturated rings. The van der Waals surface area contributed by atoms with Crippen LogP contribution in [0.25, 0.3) is 0 Å². The summed E-state index contributed by atoms with van der Waals surface area (Å²) in [6.45, 7) is 2.27. The number of hydrogen-bond donors (Lipinski definition) is 1. The molecule has 4 rings (SSSR count). The lowest BCUT2D eigenvalue weighted by atomic mass is 9.87. The van der Waals surface area contributed by atoms with E-state index < -0.39 is 0 Å². The molecule has 1 aliphatic carbocycles. The first kappa shape index (κ1) is 18.7. The normalized spacial score (nSPS) is 21.5. The summed E-state index contributed by atoms with van der Waals surface area (Å²) < 4.78 is 0. The van der Waals surface area contributed by atoms with E-state index in [1.54, 1.807) is 4.90 Å². The van der Waals surface area contributed by atoms with E-state index in [-0.39, 0.29) is 23.9 Å². The molecule has 2 unspecified atom stereocenters. The highest BCUT2D eigenvalue weighted by Gasteiger charge is 2.32. The Bertz CT molecular complexity index is 895. The van der Waals surface area contributed by atoms with Crippen LogP contribution in [0.1, 0.15) is 43.4 Å².